The first-order chi connectivity index (χ1) is 10.0. The Balaban J connectivity index is 2.49. The summed E-state index contributed by atoms with van der Waals surface area (Å²) in [4.78, 5) is 0. The summed E-state index contributed by atoms with van der Waals surface area (Å²) in [5.41, 5.74) is 2.32. The highest BCUT2D eigenvalue weighted by Gasteiger charge is 2.20. The molecule has 2 aromatic carbocycles. The Morgan fingerprint density at radius 1 is 1.19 bits per heavy atom. The molecule has 21 heavy (non-hydrogen) atoms. The maximum atomic E-state index is 14.1. The Kier molecular flexibility index (Phi) is 5.48. The standard InChI is InChI=1S/C17H18BrF2N/c1-3-7-21-17(12-8-11(2)9-13(18)10-12)14-5-4-6-15(19)16(14)20/h4-6,8-10,17,21H,3,7H2,1-2H3. The topological polar surface area (TPSA) is 12.0 Å². The lowest BCUT2D eigenvalue weighted by Crippen LogP contribution is -2.24. The van der Waals surface area contributed by atoms with Crippen LogP contribution in [0.3, 0.4) is 0 Å². The number of aryl methyl sites for hydroxylation is 1. The van der Waals surface area contributed by atoms with E-state index >= 15 is 0 Å². The van der Waals surface area contributed by atoms with Crippen molar-refractivity contribution in [2.75, 3.05) is 6.54 Å². The number of benzene rings is 2. The van der Waals surface area contributed by atoms with Crippen molar-refractivity contribution in [1.29, 1.82) is 0 Å². The summed E-state index contributed by atoms with van der Waals surface area (Å²) in [5.74, 6) is -1.61. The van der Waals surface area contributed by atoms with Crippen LogP contribution in [0.4, 0.5) is 8.78 Å². The predicted octanol–water partition coefficient (Wildman–Crippen LogP) is 5.12. The van der Waals surface area contributed by atoms with Crippen molar-refractivity contribution in [3.05, 3.63) is 69.2 Å². The minimum atomic E-state index is -0.817. The van der Waals surface area contributed by atoms with E-state index in [4.69, 9.17) is 0 Å². The molecule has 2 aromatic rings. The number of halogens is 3. The molecule has 4 heteroatoms. The summed E-state index contributed by atoms with van der Waals surface area (Å²) in [7, 11) is 0. The van der Waals surface area contributed by atoms with Crippen LogP contribution in [0.5, 0.6) is 0 Å². The zero-order valence-electron chi connectivity index (χ0n) is 12.1. The normalized spacial score (nSPS) is 12.4. The molecule has 1 nitrogen and oxygen atoms in total. The lowest BCUT2D eigenvalue weighted by Gasteiger charge is -2.21. The second-order valence-electron chi connectivity index (χ2n) is 5.09. The van der Waals surface area contributed by atoms with E-state index in [2.05, 4.69) is 21.2 Å². The molecule has 0 heterocycles. The fourth-order valence-corrected chi connectivity index (χ4v) is 3.00. The van der Waals surface area contributed by atoms with Crippen molar-refractivity contribution in [1.82, 2.24) is 5.32 Å². The Morgan fingerprint density at radius 2 is 1.95 bits per heavy atom. The molecular weight excluding hydrogens is 336 g/mol. The van der Waals surface area contributed by atoms with Crippen LogP contribution in [0.25, 0.3) is 0 Å². The van der Waals surface area contributed by atoms with E-state index in [9.17, 15) is 8.78 Å². The van der Waals surface area contributed by atoms with Crippen molar-refractivity contribution >= 4 is 15.9 Å². The molecule has 0 saturated carbocycles. The summed E-state index contributed by atoms with van der Waals surface area (Å²) in [6, 6.07) is 9.86. The van der Waals surface area contributed by atoms with Gasteiger partial charge in [-0.1, -0.05) is 41.1 Å². The molecule has 0 aromatic heterocycles. The highest BCUT2D eigenvalue weighted by molar-refractivity contribution is 9.10. The fourth-order valence-electron chi connectivity index (χ4n) is 2.37. The smallest absolute Gasteiger partial charge is 0.163 e. The van der Waals surface area contributed by atoms with Crippen LogP contribution >= 0.6 is 15.9 Å². The van der Waals surface area contributed by atoms with Gasteiger partial charge in [0.15, 0.2) is 11.6 Å². The molecule has 0 radical (unpaired) electrons. The minimum absolute atomic E-state index is 0.334. The lowest BCUT2D eigenvalue weighted by molar-refractivity contribution is 0.480. The molecule has 1 atom stereocenters. The van der Waals surface area contributed by atoms with E-state index in [0.717, 1.165) is 34.6 Å². The van der Waals surface area contributed by atoms with Gasteiger partial charge < -0.3 is 5.32 Å². The van der Waals surface area contributed by atoms with Crippen molar-refractivity contribution in [2.45, 2.75) is 26.3 Å². The van der Waals surface area contributed by atoms with Crippen LogP contribution in [0.1, 0.15) is 36.1 Å². The second-order valence-corrected chi connectivity index (χ2v) is 6.01. The van der Waals surface area contributed by atoms with E-state index < -0.39 is 11.6 Å². The molecule has 0 aliphatic carbocycles. The van der Waals surface area contributed by atoms with Gasteiger partial charge in [-0.3, -0.25) is 0 Å². The molecule has 1 N–H and O–H groups in total. The van der Waals surface area contributed by atoms with Crippen molar-refractivity contribution in [3.63, 3.8) is 0 Å². The summed E-state index contributed by atoms with van der Waals surface area (Å²) in [5, 5.41) is 3.30. The monoisotopic (exact) mass is 353 g/mol. The van der Waals surface area contributed by atoms with Crippen LogP contribution in [0.2, 0.25) is 0 Å². The van der Waals surface area contributed by atoms with Gasteiger partial charge in [0.05, 0.1) is 6.04 Å². The lowest BCUT2D eigenvalue weighted by atomic mass is 9.96. The van der Waals surface area contributed by atoms with Gasteiger partial charge in [0.1, 0.15) is 0 Å². The molecule has 0 aliphatic heterocycles. The third-order valence-corrected chi connectivity index (χ3v) is 3.75. The maximum Gasteiger partial charge on any atom is 0.163 e. The van der Waals surface area contributed by atoms with Gasteiger partial charge in [0.25, 0.3) is 0 Å². The Labute approximate surface area is 132 Å². The predicted molar refractivity (Wildman–Crippen MR) is 85.4 cm³/mol. The highest BCUT2D eigenvalue weighted by Crippen LogP contribution is 2.28. The van der Waals surface area contributed by atoms with E-state index in [-0.39, 0.29) is 6.04 Å². The van der Waals surface area contributed by atoms with Gasteiger partial charge in [-0.05, 0) is 49.2 Å². The van der Waals surface area contributed by atoms with Gasteiger partial charge >= 0.3 is 0 Å². The van der Waals surface area contributed by atoms with E-state index in [1.807, 2.05) is 32.0 Å². The SMILES string of the molecule is CCCNC(c1cc(C)cc(Br)c1)c1cccc(F)c1F. The second kappa shape index (κ2) is 7.14. The van der Waals surface area contributed by atoms with Gasteiger partial charge in [-0.25, -0.2) is 8.78 Å². The average Bonchev–Trinajstić information content (AvgIpc) is 2.42. The van der Waals surface area contributed by atoms with E-state index in [0.29, 0.717) is 5.56 Å². The molecule has 112 valence electrons. The number of rotatable bonds is 5. The Bertz CT molecular complexity index is 608. The quantitative estimate of drug-likeness (QED) is 0.785. The first kappa shape index (κ1) is 16.1. The average molecular weight is 354 g/mol. The number of nitrogens with one attached hydrogen (secondary N) is 1. The Hall–Kier alpha value is -1.26. The molecule has 0 saturated heterocycles. The molecule has 0 bridgehead atoms. The largest absolute Gasteiger partial charge is 0.306 e. The molecule has 1 unspecified atom stereocenters. The first-order valence-electron chi connectivity index (χ1n) is 6.97. The summed E-state index contributed by atoms with van der Waals surface area (Å²) in [6.07, 6.45) is 0.917. The first-order valence-corrected chi connectivity index (χ1v) is 7.76. The number of hydrogen-bond acceptors (Lipinski definition) is 1. The van der Waals surface area contributed by atoms with Crippen LogP contribution in [0, 0.1) is 18.6 Å². The number of hydrogen-bond donors (Lipinski definition) is 1. The van der Waals surface area contributed by atoms with Gasteiger partial charge in [0.2, 0.25) is 0 Å². The molecule has 2 rings (SSSR count). The van der Waals surface area contributed by atoms with Crippen LogP contribution in [0.15, 0.2) is 40.9 Å². The van der Waals surface area contributed by atoms with E-state index in [1.165, 1.54) is 0 Å². The van der Waals surface area contributed by atoms with Crippen LogP contribution < -0.4 is 5.32 Å². The highest BCUT2D eigenvalue weighted by atomic mass is 79.9. The molecular formula is C17H18BrF2N. The van der Waals surface area contributed by atoms with Crippen molar-refractivity contribution in [3.8, 4) is 0 Å². The summed E-state index contributed by atoms with van der Waals surface area (Å²) < 4.78 is 28.6. The van der Waals surface area contributed by atoms with Crippen molar-refractivity contribution in [2.24, 2.45) is 0 Å². The zero-order valence-corrected chi connectivity index (χ0v) is 13.7. The van der Waals surface area contributed by atoms with Gasteiger partial charge in [-0.2, -0.15) is 0 Å². The third kappa shape index (κ3) is 3.89. The Morgan fingerprint density at radius 3 is 2.62 bits per heavy atom. The van der Waals surface area contributed by atoms with E-state index in [1.54, 1.807) is 12.1 Å². The van der Waals surface area contributed by atoms with Gasteiger partial charge in [0, 0.05) is 10.0 Å². The third-order valence-electron chi connectivity index (χ3n) is 3.29. The molecule has 0 fully saturated rings. The van der Waals surface area contributed by atoms with Crippen LogP contribution in [-0.2, 0) is 0 Å². The molecule has 0 amide bonds. The molecule has 0 aliphatic rings. The zero-order chi connectivity index (χ0) is 15.4. The fraction of sp³-hybridized carbons (Fsp3) is 0.294. The summed E-state index contributed by atoms with van der Waals surface area (Å²) >= 11 is 3.46. The van der Waals surface area contributed by atoms with Crippen LogP contribution in [-0.4, -0.2) is 6.54 Å². The molecule has 0 spiro atoms. The maximum absolute atomic E-state index is 14.1. The van der Waals surface area contributed by atoms with Crippen molar-refractivity contribution < 1.29 is 8.78 Å². The minimum Gasteiger partial charge on any atom is -0.306 e. The van der Waals surface area contributed by atoms with Gasteiger partial charge in [-0.15, -0.1) is 0 Å². The summed E-state index contributed by atoms with van der Waals surface area (Å²) in [6.45, 7) is 4.75.